The van der Waals surface area contributed by atoms with E-state index in [-0.39, 0.29) is 0 Å². The third kappa shape index (κ3) is 2.43. The van der Waals surface area contributed by atoms with E-state index in [1.165, 1.54) is 22.3 Å². The summed E-state index contributed by atoms with van der Waals surface area (Å²) < 4.78 is 0. The number of halogens is 1. The Balaban J connectivity index is 1.91. The first-order valence-electron chi connectivity index (χ1n) is 9.52. The van der Waals surface area contributed by atoms with E-state index in [0.29, 0.717) is 5.82 Å². The molecular formula is C24H20ClN3. The molecule has 1 unspecified atom stereocenters. The lowest BCUT2D eigenvalue weighted by Gasteiger charge is -2.32. The fourth-order valence-electron chi connectivity index (χ4n) is 4.43. The number of nitrogens with zero attached hydrogens (tertiary/aromatic N) is 2. The minimum Gasteiger partial charge on any atom is -0.266 e. The number of fused-ring (bicyclic) bond motifs is 2. The van der Waals surface area contributed by atoms with E-state index < -0.39 is 5.41 Å². The van der Waals surface area contributed by atoms with Gasteiger partial charge in [-0.3, -0.25) is 5.10 Å². The molecule has 4 heteroatoms. The Morgan fingerprint density at radius 3 is 2.75 bits per heavy atom. The van der Waals surface area contributed by atoms with E-state index in [0.717, 1.165) is 29.0 Å². The average molecular weight is 386 g/mol. The zero-order chi connectivity index (χ0) is 19.1. The molecule has 0 bridgehead atoms. The summed E-state index contributed by atoms with van der Waals surface area (Å²) in [4.78, 5) is 4.60. The number of rotatable bonds is 2. The predicted octanol–water partition coefficient (Wildman–Crippen LogP) is 5.77. The van der Waals surface area contributed by atoms with Crippen molar-refractivity contribution in [3.8, 4) is 0 Å². The third-order valence-corrected chi connectivity index (χ3v) is 6.28. The van der Waals surface area contributed by atoms with Gasteiger partial charge in [0.05, 0.1) is 0 Å². The molecule has 1 aromatic heterocycles. The first-order valence-corrected chi connectivity index (χ1v) is 9.90. The Hall–Kier alpha value is -2.91. The van der Waals surface area contributed by atoms with E-state index >= 15 is 0 Å². The Bertz CT molecular complexity index is 1140. The minimum absolute atomic E-state index is 0.662. The molecule has 0 aliphatic heterocycles. The van der Waals surface area contributed by atoms with Crippen LogP contribution in [0.1, 0.15) is 40.9 Å². The van der Waals surface area contributed by atoms with E-state index in [1.54, 1.807) is 6.33 Å². The highest BCUT2D eigenvalue weighted by Gasteiger charge is 2.42. The molecule has 0 saturated carbocycles. The van der Waals surface area contributed by atoms with Gasteiger partial charge in [0.15, 0.2) is 5.82 Å². The Morgan fingerprint density at radius 2 is 1.89 bits per heavy atom. The largest absolute Gasteiger partial charge is 0.266 e. The lowest BCUT2D eigenvalue weighted by molar-refractivity contribution is 0.708. The Kier molecular flexibility index (Phi) is 4.06. The molecule has 1 heterocycles. The predicted molar refractivity (Wildman–Crippen MR) is 113 cm³/mol. The maximum Gasteiger partial charge on any atom is 0.169 e. The fraction of sp³-hybridized carbons (Fsp3) is 0.167. The molecule has 0 saturated heterocycles. The van der Waals surface area contributed by atoms with Crippen molar-refractivity contribution in [1.29, 1.82) is 0 Å². The summed E-state index contributed by atoms with van der Waals surface area (Å²) in [5.74, 6) is 0.701. The van der Waals surface area contributed by atoms with Crippen LogP contribution in [0.15, 0.2) is 78.7 Å². The number of nitrogens with one attached hydrogen (secondary N) is 1. The number of allylic oxidation sites excluding steroid dienone is 6. The maximum atomic E-state index is 6.88. The summed E-state index contributed by atoms with van der Waals surface area (Å²) in [7, 11) is 0. The summed E-state index contributed by atoms with van der Waals surface area (Å²) in [6, 6.07) is 14.8. The van der Waals surface area contributed by atoms with Gasteiger partial charge in [-0.05, 0) is 53.2 Å². The number of aromatic nitrogens is 3. The van der Waals surface area contributed by atoms with Gasteiger partial charge in [0.1, 0.15) is 11.7 Å². The van der Waals surface area contributed by atoms with Crippen LogP contribution in [0.4, 0.5) is 0 Å². The summed E-state index contributed by atoms with van der Waals surface area (Å²) in [6.45, 7) is 2.04. The lowest BCUT2D eigenvalue weighted by Crippen LogP contribution is -2.30. The number of H-pyrrole nitrogens is 1. The van der Waals surface area contributed by atoms with Gasteiger partial charge in [0, 0.05) is 5.02 Å². The van der Waals surface area contributed by atoms with Crippen LogP contribution in [0, 0.1) is 6.92 Å². The fourth-order valence-corrected chi connectivity index (χ4v) is 4.70. The van der Waals surface area contributed by atoms with Gasteiger partial charge < -0.3 is 0 Å². The van der Waals surface area contributed by atoms with Gasteiger partial charge in [0.25, 0.3) is 0 Å². The summed E-state index contributed by atoms with van der Waals surface area (Å²) in [6.07, 6.45) is 12.6. The third-order valence-electron chi connectivity index (χ3n) is 5.78. The maximum absolute atomic E-state index is 6.88. The van der Waals surface area contributed by atoms with Gasteiger partial charge >= 0.3 is 0 Å². The molecule has 1 atom stereocenters. The van der Waals surface area contributed by atoms with Gasteiger partial charge in [-0.25, -0.2) is 4.98 Å². The number of aromatic amines is 1. The lowest BCUT2D eigenvalue weighted by atomic mass is 9.71. The second-order valence-electron chi connectivity index (χ2n) is 7.32. The van der Waals surface area contributed by atoms with E-state index in [4.69, 9.17) is 11.6 Å². The molecule has 5 rings (SSSR count). The first-order chi connectivity index (χ1) is 13.7. The highest BCUT2D eigenvalue weighted by molar-refractivity contribution is 6.32. The standard InChI is InChI=1S/C24H20ClN3/c1-16-7-6-12-21(22(16)25)24(23-26-15-27-28-23)14-13-17-8-2-3-9-18(17)19-10-4-5-11-20(19)24/h2,4-8,10-15H,3,9H2,1H3,(H,26,27,28). The van der Waals surface area contributed by atoms with Crippen molar-refractivity contribution in [1.82, 2.24) is 15.2 Å². The molecule has 138 valence electrons. The normalized spacial score (nSPS) is 20.6. The number of hydrogen-bond acceptors (Lipinski definition) is 2. The molecule has 2 aliphatic rings. The van der Waals surface area contributed by atoms with Gasteiger partial charge in [-0.2, -0.15) is 5.10 Å². The molecule has 3 aromatic rings. The van der Waals surface area contributed by atoms with E-state index in [2.05, 4.69) is 75.9 Å². The molecule has 0 radical (unpaired) electrons. The molecule has 3 nitrogen and oxygen atoms in total. The van der Waals surface area contributed by atoms with Gasteiger partial charge in [-0.15, -0.1) is 0 Å². The van der Waals surface area contributed by atoms with Crippen LogP contribution >= 0.6 is 11.6 Å². The second kappa shape index (κ2) is 6.61. The van der Waals surface area contributed by atoms with Crippen molar-refractivity contribution in [3.05, 3.63) is 112 Å². The van der Waals surface area contributed by atoms with Gasteiger partial charge in [0.2, 0.25) is 0 Å². The molecule has 0 fully saturated rings. The minimum atomic E-state index is -0.662. The molecular weight excluding hydrogens is 366 g/mol. The van der Waals surface area contributed by atoms with Crippen molar-refractivity contribution < 1.29 is 0 Å². The van der Waals surface area contributed by atoms with E-state index in [9.17, 15) is 0 Å². The highest BCUT2D eigenvalue weighted by atomic mass is 35.5. The van der Waals surface area contributed by atoms with Crippen LogP contribution in [-0.2, 0) is 5.41 Å². The average Bonchev–Trinajstić information content (AvgIpc) is 3.23. The van der Waals surface area contributed by atoms with Crippen LogP contribution in [0.2, 0.25) is 5.02 Å². The van der Waals surface area contributed by atoms with Crippen LogP contribution in [0.5, 0.6) is 0 Å². The SMILES string of the molecule is Cc1cccc(C2(c3nc[nH]n3)C=CC3=C(CCC=C3)c3ccccc32)c1Cl. The Morgan fingerprint density at radius 1 is 1.04 bits per heavy atom. The monoisotopic (exact) mass is 385 g/mol. The molecule has 2 aliphatic carbocycles. The highest BCUT2D eigenvalue weighted by Crippen LogP contribution is 2.48. The second-order valence-corrected chi connectivity index (χ2v) is 7.70. The van der Waals surface area contributed by atoms with Crippen LogP contribution in [0.3, 0.4) is 0 Å². The first kappa shape index (κ1) is 17.2. The van der Waals surface area contributed by atoms with Crippen LogP contribution in [-0.4, -0.2) is 15.2 Å². The summed E-state index contributed by atoms with van der Waals surface area (Å²) in [5, 5.41) is 8.19. The molecule has 2 aromatic carbocycles. The summed E-state index contributed by atoms with van der Waals surface area (Å²) >= 11 is 6.88. The smallest absolute Gasteiger partial charge is 0.169 e. The van der Waals surface area contributed by atoms with Crippen molar-refractivity contribution in [2.24, 2.45) is 0 Å². The van der Waals surface area contributed by atoms with Crippen molar-refractivity contribution in [3.63, 3.8) is 0 Å². The van der Waals surface area contributed by atoms with Gasteiger partial charge in [-0.1, -0.05) is 78.4 Å². The number of hydrogen-bond donors (Lipinski definition) is 1. The zero-order valence-corrected chi connectivity index (χ0v) is 16.4. The molecule has 1 N–H and O–H groups in total. The molecule has 0 spiro atoms. The zero-order valence-electron chi connectivity index (χ0n) is 15.6. The molecule has 28 heavy (non-hydrogen) atoms. The summed E-state index contributed by atoms with van der Waals surface area (Å²) in [5.41, 5.74) is 6.41. The van der Waals surface area contributed by atoms with Crippen LogP contribution in [0.25, 0.3) is 5.57 Å². The quantitative estimate of drug-likeness (QED) is 0.608. The van der Waals surface area contributed by atoms with Crippen LogP contribution < -0.4 is 0 Å². The van der Waals surface area contributed by atoms with Crippen molar-refractivity contribution in [2.75, 3.05) is 0 Å². The van der Waals surface area contributed by atoms with Crippen molar-refractivity contribution >= 4 is 17.2 Å². The van der Waals surface area contributed by atoms with E-state index in [1.807, 2.05) is 13.0 Å². The van der Waals surface area contributed by atoms with Crippen molar-refractivity contribution in [2.45, 2.75) is 25.2 Å². The number of benzene rings is 2. The molecule has 0 amide bonds. The Labute approximate surface area is 169 Å². The topological polar surface area (TPSA) is 41.6 Å². The number of aryl methyl sites for hydroxylation is 1.